The third-order valence-electron chi connectivity index (χ3n) is 8.66. The zero-order valence-electron chi connectivity index (χ0n) is 24.8. The van der Waals surface area contributed by atoms with Gasteiger partial charge in [-0.2, -0.15) is 0 Å². The molecule has 6 aromatic rings. The van der Waals surface area contributed by atoms with E-state index in [1.54, 1.807) is 37.3 Å². The Labute approximate surface area is 251 Å². The number of aryl methyl sites for hydroxylation is 3. The number of rotatable bonds is 7. The maximum absolute atomic E-state index is 13.0. The van der Waals surface area contributed by atoms with Gasteiger partial charge in [-0.1, -0.05) is 66.7 Å². The molecular weight excluding hydrogens is 556 g/mol. The molecule has 0 aliphatic rings. The van der Waals surface area contributed by atoms with Gasteiger partial charge in [-0.05, 0) is 73.4 Å². The highest BCUT2D eigenvalue weighted by atomic mass is 32.2. The molecule has 0 aliphatic heterocycles. The summed E-state index contributed by atoms with van der Waals surface area (Å²) >= 11 is 0. The Morgan fingerprint density at radius 1 is 0.674 bits per heavy atom. The molecule has 0 radical (unpaired) electrons. The van der Waals surface area contributed by atoms with Gasteiger partial charge in [0.05, 0.1) is 4.90 Å². The number of sulfonamides is 1. The molecule has 0 unspecified atom stereocenters. The zero-order valence-corrected chi connectivity index (χ0v) is 25.7. The van der Waals surface area contributed by atoms with Gasteiger partial charge in [0.15, 0.2) is 0 Å². The summed E-state index contributed by atoms with van der Waals surface area (Å²) < 4.78 is 30.1. The lowest BCUT2D eigenvalue weighted by Gasteiger charge is -2.21. The number of hydrogen-bond acceptors (Lipinski definition) is 3. The van der Waals surface area contributed by atoms with E-state index >= 15 is 0 Å². The van der Waals surface area contributed by atoms with E-state index in [4.69, 9.17) is 0 Å². The molecule has 2 aromatic heterocycles. The minimum Gasteiger partial charge on any atom is -0.348 e. The van der Waals surface area contributed by atoms with Gasteiger partial charge in [0.1, 0.15) is 0 Å². The van der Waals surface area contributed by atoms with Crippen molar-refractivity contribution in [2.45, 2.75) is 31.6 Å². The van der Waals surface area contributed by atoms with Crippen molar-refractivity contribution in [3.63, 3.8) is 0 Å². The predicted octanol–water partition coefficient (Wildman–Crippen LogP) is 6.40. The van der Waals surface area contributed by atoms with Crippen LogP contribution in [0.15, 0.2) is 102 Å². The lowest BCUT2D eigenvalue weighted by molar-refractivity contribution is 0.0945. The number of aromatic nitrogens is 2. The molecule has 0 aliphatic carbocycles. The van der Waals surface area contributed by atoms with E-state index in [0.717, 1.165) is 16.6 Å². The largest absolute Gasteiger partial charge is 0.348 e. The molecule has 0 saturated carbocycles. The topological polar surface area (TPSA) is 85.1 Å². The van der Waals surface area contributed by atoms with Crippen molar-refractivity contribution in [2.75, 3.05) is 0 Å². The number of amides is 1. The standard InChI is InChI=1S/C35H34N4O3S/c1-22-12-6-11-17-31(22)43(41,42)37-36-35(40)26-20-18-25(19-21-26)34(32-23(2)38(4)29-15-9-7-13-27(29)32)33-24(3)39(5)30-16-10-8-14-28(30)33/h6-21,34,37H,1-5H3,(H,36,40). The zero-order chi connectivity index (χ0) is 30.5. The van der Waals surface area contributed by atoms with Gasteiger partial charge in [0.2, 0.25) is 0 Å². The lowest BCUT2D eigenvalue weighted by Crippen LogP contribution is -2.41. The highest BCUT2D eigenvalue weighted by Crippen LogP contribution is 2.44. The van der Waals surface area contributed by atoms with E-state index in [9.17, 15) is 13.2 Å². The number of hydrogen-bond donors (Lipinski definition) is 2. The summed E-state index contributed by atoms with van der Waals surface area (Å²) in [6.07, 6.45) is 0. The highest BCUT2D eigenvalue weighted by molar-refractivity contribution is 7.89. The molecule has 0 fully saturated rings. The van der Waals surface area contributed by atoms with Crippen molar-refractivity contribution in [3.8, 4) is 0 Å². The average molecular weight is 591 g/mol. The number of nitrogens with one attached hydrogen (secondary N) is 2. The number of nitrogens with zero attached hydrogens (tertiary/aromatic N) is 2. The average Bonchev–Trinajstić information content (AvgIpc) is 3.42. The molecule has 6 rings (SSSR count). The molecule has 0 saturated heterocycles. The van der Waals surface area contributed by atoms with Crippen LogP contribution in [0.4, 0.5) is 0 Å². The Balaban J connectivity index is 1.41. The summed E-state index contributed by atoms with van der Waals surface area (Å²) in [5, 5.41) is 2.37. The van der Waals surface area contributed by atoms with Crippen LogP contribution in [0, 0.1) is 20.8 Å². The third kappa shape index (κ3) is 4.82. The van der Waals surface area contributed by atoms with Crippen molar-refractivity contribution >= 4 is 37.7 Å². The van der Waals surface area contributed by atoms with Crippen molar-refractivity contribution in [1.82, 2.24) is 19.4 Å². The number of fused-ring (bicyclic) bond motifs is 2. The number of benzene rings is 4. The summed E-state index contributed by atoms with van der Waals surface area (Å²) in [6, 6.07) is 31.0. The minimum atomic E-state index is -3.92. The number of hydrazine groups is 1. The Kier molecular flexibility index (Phi) is 7.20. The van der Waals surface area contributed by atoms with E-state index in [2.05, 4.69) is 95.9 Å². The Morgan fingerprint density at radius 2 is 1.16 bits per heavy atom. The molecule has 2 heterocycles. The maximum atomic E-state index is 13.0. The van der Waals surface area contributed by atoms with Crippen molar-refractivity contribution in [2.24, 2.45) is 14.1 Å². The second-order valence-corrected chi connectivity index (χ2v) is 12.7. The van der Waals surface area contributed by atoms with Crippen LogP contribution in [0.3, 0.4) is 0 Å². The summed E-state index contributed by atoms with van der Waals surface area (Å²) in [4.78, 5) is 15.4. The van der Waals surface area contributed by atoms with E-state index in [0.29, 0.717) is 11.1 Å². The van der Waals surface area contributed by atoms with Crippen LogP contribution in [-0.4, -0.2) is 23.5 Å². The van der Waals surface area contributed by atoms with Crippen LogP contribution in [0.5, 0.6) is 0 Å². The number of carbonyl (C=O) groups is 1. The highest BCUT2D eigenvalue weighted by Gasteiger charge is 2.29. The van der Waals surface area contributed by atoms with Gasteiger partial charge < -0.3 is 9.13 Å². The van der Waals surface area contributed by atoms with Gasteiger partial charge in [0, 0.05) is 58.8 Å². The number of para-hydroxylation sites is 2. The molecule has 0 atom stereocenters. The molecule has 43 heavy (non-hydrogen) atoms. The minimum absolute atomic E-state index is 0.103. The van der Waals surface area contributed by atoms with Crippen LogP contribution in [-0.2, 0) is 24.1 Å². The SMILES string of the molecule is Cc1ccccc1S(=O)(=O)NNC(=O)c1ccc(C(c2c(C)n(C)c3ccccc23)c2c(C)n(C)c3ccccc23)cc1. The molecule has 2 N–H and O–H groups in total. The van der Waals surface area contributed by atoms with Crippen molar-refractivity contribution in [3.05, 3.63) is 136 Å². The second kappa shape index (κ2) is 10.9. The van der Waals surface area contributed by atoms with E-state index in [1.165, 1.54) is 39.4 Å². The molecule has 218 valence electrons. The van der Waals surface area contributed by atoms with Crippen LogP contribution < -0.4 is 10.3 Å². The van der Waals surface area contributed by atoms with Crippen LogP contribution in [0.1, 0.15) is 49.9 Å². The van der Waals surface area contributed by atoms with Crippen LogP contribution in [0.2, 0.25) is 0 Å². The molecule has 8 heteroatoms. The first-order valence-corrected chi connectivity index (χ1v) is 15.6. The van der Waals surface area contributed by atoms with Gasteiger partial charge in [-0.3, -0.25) is 10.2 Å². The second-order valence-electron chi connectivity index (χ2n) is 11.0. The molecule has 0 bridgehead atoms. The van der Waals surface area contributed by atoms with Crippen LogP contribution >= 0.6 is 0 Å². The predicted molar refractivity (Wildman–Crippen MR) is 172 cm³/mol. The summed E-state index contributed by atoms with van der Waals surface area (Å²) in [6.45, 7) is 6.02. The Morgan fingerprint density at radius 3 is 1.70 bits per heavy atom. The Hall–Kier alpha value is -4.66. The van der Waals surface area contributed by atoms with E-state index in [-0.39, 0.29) is 10.8 Å². The van der Waals surface area contributed by atoms with Gasteiger partial charge >= 0.3 is 0 Å². The molecular formula is C35H34N4O3S. The van der Waals surface area contributed by atoms with Gasteiger partial charge in [0.25, 0.3) is 15.9 Å². The van der Waals surface area contributed by atoms with Crippen molar-refractivity contribution < 1.29 is 13.2 Å². The fraction of sp³-hybridized carbons (Fsp3) is 0.171. The smallest absolute Gasteiger partial charge is 0.266 e. The van der Waals surface area contributed by atoms with Crippen LogP contribution in [0.25, 0.3) is 21.8 Å². The monoisotopic (exact) mass is 590 g/mol. The Bertz CT molecular complexity index is 2040. The first kappa shape index (κ1) is 28.5. The first-order chi connectivity index (χ1) is 20.6. The summed E-state index contributed by atoms with van der Waals surface area (Å²) in [5.41, 5.74) is 11.5. The fourth-order valence-electron chi connectivity index (χ4n) is 6.23. The van der Waals surface area contributed by atoms with E-state index in [1.807, 2.05) is 12.1 Å². The quantitative estimate of drug-likeness (QED) is 0.211. The van der Waals surface area contributed by atoms with E-state index < -0.39 is 15.9 Å². The summed E-state index contributed by atoms with van der Waals surface area (Å²) in [5.74, 6) is -0.642. The molecule has 7 nitrogen and oxygen atoms in total. The third-order valence-corrected chi connectivity index (χ3v) is 10.1. The molecule has 1 amide bonds. The van der Waals surface area contributed by atoms with Crippen molar-refractivity contribution in [1.29, 1.82) is 0 Å². The van der Waals surface area contributed by atoms with Gasteiger partial charge in [-0.25, -0.2) is 8.42 Å². The normalized spacial score (nSPS) is 12.0. The van der Waals surface area contributed by atoms with Gasteiger partial charge in [-0.15, -0.1) is 4.83 Å². The molecule has 0 spiro atoms. The lowest BCUT2D eigenvalue weighted by atomic mass is 9.82. The number of carbonyl (C=O) groups excluding carboxylic acids is 1. The maximum Gasteiger partial charge on any atom is 0.266 e. The fourth-order valence-corrected chi connectivity index (χ4v) is 7.32. The summed E-state index contributed by atoms with van der Waals surface area (Å²) in [7, 11) is 0.273. The first-order valence-electron chi connectivity index (χ1n) is 14.2. The molecule has 4 aromatic carbocycles.